The van der Waals surface area contributed by atoms with Crippen molar-refractivity contribution < 1.29 is 4.79 Å². The highest BCUT2D eigenvalue weighted by Crippen LogP contribution is 2.19. The van der Waals surface area contributed by atoms with E-state index in [2.05, 4.69) is 27.4 Å². The zero-order valence-electron chi connectivity index (χ0n) is 16.2. The molecule has 0 spiro atoms. The summed E-state index contributed by atoms with van der Waals surface area (Å²) in [5.74, 6) is 1.98. The number of carbonyl (C=O) groups excluding carboxylic acids is 1. The van der Waals surface area contributed by atoms with Crippen LogP contribution in [0.3, 0.4) is 0 Å². The minimum Gasteiger partial charge on any atom is -0.357 e. The van der Waals surface area contributed by atoms with Gasteiger partial charge in [-0.05, 0) is 31.2 Å². The van der Waals surface area contributed by atoms with Crippen LogP contribution in [0.2, 0.25) is 5.02 Å². The maximum Gasteiger partial charge on any atom is 0.219 e. The first kappa shape index (κ1) is 21.9. The number of benzene rings is 1. The van der Waals surface area contributed by atoms with Crippen molar-refractivity contribution in [3.8, 4) is 0 Å². The predicted molar refractivity (Wildman–Crippen MR) is 115 cm³/mol. The highest BCUT2D eigenvalue weighted by molar-refractivity contribution is 7.99. The maximum absolute atomic E-state index is 11.4. The molecule has 8 heteroatoms. The molecular formula is C19H30ClN5OS. The number of hydrogen-bond acceptors (Lipinski definition) is 4. The maximum atomic E-state index is 11.4. The van der Waals surface area contributed by atoms with Crippen LogP contribution in [0.25, 0.3) is 0 Å². The number of halogens is 1. The van der Waals surface area contributed by atoms with Crippen LogP contribution in [0.1, 0.15) is 13.8 Å². The molecule has 2 N–H and O–H groups in total. The standard InChI is InChI=1S/C19H30ClN5OS/c1-3-21-19(23-9-15-27-18-6-4-17(20)5-7-18)22-8-10-24-11-13-25(14-12-24)16(2)26/h4-7H,3,8-15H2,1-2H3,(H2,21,22,23). The van der Waals surface area contributed by atoms with E-state index in [0.717, 1.165) is 69.1 Å². The number of rotatable bonds is 8. The number of hydrogen-bond donors (Lipinski definition) is 2. The number of piperazine rings is 1. The van der Waals surface area contributed by atoms with Gasteiger partial charge >= 0.3 is 0 Å². The van der Waals surface area contributed by atoms with Crippen LogP contribution in [0.4, 0.5) is 0 Å². The third-order valence-electron chi connectivity index (χ3n) is 4.32. The largest absolute Gasteiger partial charge is 0.357 e. The molecule has 1 aromatic rings. The fraction of sp³-hybridized carbons (Fsp3) is 0.579. The Morgan fingerprint density at radius 1 is 1.19 bits per heavy atom. The van der Waals surface area contributed by atoms with Crippen LogP contribution >= 0.6 is 23.4 Å². The van der Waals surface area contributed by atoms with Gasteiger partial charge in [-0.2, -0.15) is 0 Å². The highest BCUT2D eigenvalue weighted by atomic mass is 35.5. The topological polar surface area (TPSA) is 60.0 Å². The summed E-state index contributed by atoms with van der Waals surface area (Å²) < 4.78 is 0. The third-order valence-corrected chi connectivity index (χ3v) is 5.59. The van der Waals surface area contributed by atoms with Gasteiger partial charge in [0.1, 0.15) is 0 Å². The SMILES string of the molecule is CCNC(=NCCN1CCN(C(C)=O)CC1)NCCSc1ccc(Cl)cc1. The van der Waals surface area contributed by atoms with Crippen molar-refractivity contribution in [2.75, 3.05) is 58.1 Å². The first-order valence-electron chi connectivity index (χ1n) is 9.47. The molecule has 0 radical (unpaired) electrons. The van der Waals surface area contributed by atoms with E-state index in [1.165, 1.54) is 4.90 Å². The second kappa shape index (κ2) is 12.1. The lowest BCUT2D eigenvalue weighted by atomic mass is 10.3. The van der Waals surface area contributed by atoms with E-state index in [1.807, 2.05) is 29.2 Å². The summed E-state index contributed by atoms with van der Waals surface area (Å²) in [7, 11) is 0. The van der Waals surface area contributed by atoms with Crippen LogP contribution < -0.4 is 10.6 Å². The second-order valence-corrected chi connectivity index (χ2v) is 7.94. The van der Waals surface area contributed by atoms with E-state index >= 15 is 0 Å². The lowest BCUT2D eigenvalue weighted by Crippen LogP contribution is -2.48. The lowest BCUT2D eigenvalue weighted by Gasteiger charge is -2.33. The molecule has 0 atom stereocenters. The van der Waals surface area contributed by atoms with Crippen LogP contribution in [0, 0.1) is 0 Å². The van der Waals surface area contributed by atoms with Crippen LogP contribution in [0.5, 0.6) is 0 Å². The molecule has 2 rings (SSSR count). The molecule has 1 aromatic carbocycles. The fourth-order valence-corrected chi connectivity index (χ4v) is 3.69. The molecule has 6 nitrogen and oxygen atoms in total. The number of aliphatic imine (C=N–C) groups is 1. The smallest absolute Gasteiger partial charge is 0.219 e. The van der Waals surface area contributed by atoms with Crippen LogP contribution in [-0.4, -0.2) is 79.8 Å². The van der Waals surface area contributed by atoms with Gasteiger partial charge in [0.15, 0.2) is 5.96 Å². The third kappa shape index (κ3) is 8.41. The molecule has 1 amide bonds. The monoisotopic (exact) mass is 411 g/mol. The molecule has 0 bridgehead atoms. The van der Waals surface area contributed by atoms with Crippen molar-refractivity contribution in [2.45, 2.75) is 18.7 Å². The van der Waals surface area contributed by atoms with Gasteiger partial charge in [0.05, 0.1) is 6.54 Å². The number of amides is 1. The Kier molecular flexibility index (Phi) is 9.80. The van der Waals surface area contributed by atoms with E-state index in [1.54, 1.807) is 18.7 Å². The summed E-state index contributed by atoms with van der Waals surface area (Å²) in [5, 5.41) is 7.44. The summed E-state index contributed by atoms with van der Waals surface area (Å²) in [6, 6.07) is 7.91. The van der Waals surface area contributed by atoms with Gasteiger partial charge in [0, 0.05) is 68.4 Å². The van der Waals surface area contributed by atoms with Gasteiger partial charge in [-0.3, -0.25) is 14.7 Å². The molecule has 0 aliphatic carbocycles. The van der Waals surface area contributed by atoms with Gasteiger partial charge in [-0.25, -0.2) is 0 Å². The van der Waals surface area contributed by atoms with Crippen molar-refractivity contribution in [1.29, 1.82) is 0 Å². The summed E-state index contributed by atoms with van der Waals surface area (Å²) in [6.07, 6.45) is 0. The summed E-state index contributed by atoms with van der Waals surface area (Å²) in [4.78, 5) is 21.5. The summed E-state index contributed by atoms with van der Waals surface area (Å²) in [6.45, 7) is 10.6. The van der Waals surface area contributed by atoms with E-state index in [4.69, 9.17) is 11.6 Å². The molecule has 0 unspecified atom stereocenters. The van der Waals surface area contributed by atoms with Crippen molar-refractivity contribution >= 4 is 35.2 Å². The molecule has 1 saturated heterocycles. The van der Waals surface area contributed by atoms with Gasteiger partial charge in [0.25, 0.3) is 0 Å². The molecule has 0 aromatic heterocycles. The van der Waals surface area contributed by atoms with E-state index in [9.17, 15) is 4.79 Å². The molecule has 1 aliphatic heterocycles. The molecule has 27 heavy (non-hydrogen) atoms. The van der Waals surface area contributed by atoms with Crippen molar-refractivity contribution in [2.24, 2.45) is 4.99 Å². The average molecular weight is 412 g/mol. The normalized spacial score (nSPS) is 15.7. The van der Waals surface area contributed by atoms with Gasteiger partial charge in [-0.15, -0.1) is 11.8 Å². The average Bonchev–Trinajstić information content (AvgIpc) is 2.67. The summed E-state index contributed by atoms with van der Waals surface area (Å²) in [5.41, 5.74) is 0. The van der Waals surface area contributed by atoms with Gasteiger partial charge in [0.2, 0.25) is 5.91 Å². The Morgan fingerprint density at radius 2 is 1.89 bits per heavy atom. The molecule has 1 heterocycles. The van der Waals surface area contributed by atoms with Crippen LogP contribution in [0.15, 0.2) is 34.2 Å². The van der Waals surface area contributed by atoms with Gasteiger partial charge < -0.3 is 15.5 Å². The van der Waals surface area contributed by atoms with Crippen molar-refractivity contribution in [3.63, 3.8) is 0 Å². The number of nitrogens with zero attached hydrogens (tertiary/aromatic N) is 3. The quantitative estimate of drug-likeness (QED) is 0.297. The lowest BCUT2D eigenvalue weighted by molar-refractivity contribution is -0.130. The van der Waals surface area contributed by atoms with Gasteiger partial charge in [-0.1, -0.05) is 11.6 Å². The van der Waals surface area contributed by atoms with E-state index in [0.29, 0.717) is 0 Å². The minimum atomic E-state index is 0.169. The molecule has 1 aliphatic rings. The Hall–Kier alpha value is -1.44. The Labute approximate surface area is 171 Å². The first-order chi connectivity index (χ1) is 13.1. The molecule has 1 fully saturated rings. The second-order valence-electron chi connectivity index (χ2n) is 6.34. The molecule has 0 saturated carbocycles. The zero-order valence-corrected chi connectivity index (χ0v) is 17.8. The van der Waals surface area contributed by atoms with Crippen LogP contribution in [-0.2, 0) is 4.79 Å². The van der Waals surface area contributed by atoms with Crippen molar-refractivity contribution in [1.82, 2.24) is 20.4 Å². The highest BCUT2D eigenvalue weighted by Gasteiger charge is 2.17. The number of carbonyl (C=O) groups is 1. The number of guanidine groups is 1. The summed E-state index contributed by atoms with van der Waals surface area (Å²) >= 11 is 7.70. The molecular weight excluding hydrogens is 382 g/mol. The zero-order chi connectivity index (χ0) is 19.5. The Balaban J connectivity index is 1.66. The predicted octanol–water partition coefficient (Wildman–Crippen LogP) is 2.15. The fourth-order valence-electron chi connectivity index (χ4n) is 2.80. The number of nitrogens with one attached hydrogen (secondary N) is 2. The minimum absolute atomic E-state index is 0.169. The Morgan fingerprint density at radius 3 is 2.52 bits per heavy atom. The Bertz CT molecular complexity index is 603. The number of thioether (sulfide) groups is 1. The molecule has 150 valence electrons. The first-order valence-corrected chi connectivity index (χ1v) is 10.8. The van der Waals surface area contributed by atoms with E-state index in [-0.39, 0.29) is 5.91 Å². The van der Waals surface area contributed by atoms with E-state index < -0.39 is 0 Å². The van der Waals surface area contributed by atoms with Crippen molar-refractivity contribution in [3.05, 3.63) is 29.3 Å².